The normalized spacial score (nSPS) is 19.2. The van der Waals surface area contributed by atoms with Gasteiger partial charge in [0.15, 0.2) is 5.16 Å². The second kappa shape index (κ2) is 7.85. The van der Waals surface area contributed by atoms with Crippen LogP contribution in [0.15, 0.2) is 40.3 Å². The van der Waals surface area contributed by atoms with Crippen molar-refractivity contribution in [2.75, 3.05) is 0 Å². The molecule has 8 heteroatoms. The van der Waals surface area contributed by atoms with Gasteiger partial charge in [-0.05, 0) is 62.6 Å². The molecule has 0 bridgehead atoms. The molecular formula is C24H25N5OS2. The molecule has 0 aliphatic heterocycles. The predicted molar refractivity (Wildman–Crippen MR) is 129 cm³/mol. The highest BCUT2D eigenvalue weighted by Gasteiger charge is 2.32. The zero-order valence-corrected chi connectivity index (χ0v) is 19.8. The summed E-state index contributed by atoms with van der Waals surface area (Å²) in [5.74, 6) is 2.90. The Labute approximate surface area is 194 Å². The standard InChI is InChI=1S/C24H25N5OS2/c1-13-8-11-17-18(12-13)32-23-19(17)22(30)25-20(26-23)14(2)31-24-28-27-21(15-9-10-15)29(24)16-6-4-3-5-7-16/h3-7,13-15H,8-12H2,1-2H3,(H,25,26,30). The first-order valence-electron chi connectivity index (χ1n) is 11.3. The molecule has 1 saturated carbocycles. The lowest BCUT2D eigenvalue weighted by molar-refractivity contribution is 0.509. The molecule has 4 aromatic rings. The number of aryl methyl sites for hydroxylation is 1. The van der Waals surface area contributed by atoms with Crippen molar-refractivity contribution < 1.29 is 0 Å². The van der Waals surface area contributed by atoms with Crippen molar-refractivity contribution >= 4 is 33.3 Å². The number of fused-ring (bicyclic) bond motifs is 3. The van der Waals surface area contributed by atoms with Crippen molar-refractivity contribution in [3.63, 3.8) is 0 Å². The summed E-state index contributed by atoms with van der Waals surface area (Å²) >= 11 is 3.30. The lowest BCUT2D eigenvalue weighted by Crippen LogP contribution is -2.15. The molecule has 0 spiro atoms. The average molecular weight is 464 g/mol. The van der Waals surface area contributed by atoms with E-state index < -0.39 is 0 Å². The minimum Gasteiger partial charge on any atom is -0.309 e. The van der Waals surface area contributed by atoms with Crippen LogP contribution in [0.1, 0.15) is 66.4 Å². The monoisotopic (exact) mass is 463 g/mol. The predicted octanol–water partition coefficient (Wildman–Crippen LogP) is 5.42. The van der Waals surface area contributed by atoms with Crippen molar-refractivity contribution in [2.45, 2.75) is 62.3 Å². The number of hydrogen-bond acceptors (Lipinski definition) is 6. The van der Waals surface area contributed by atoms with Gasteiger partial charge >= 0.3 is 0 Å². The van der Waals surface area contributed by atoms with Gasteiger partial charge in [0.2, 0.25) is 0 Å². The summed E-state index contributed by atoms with van der Waals surface area (Å²) in [5.41, 5.74) is 2.29. The Kier molecular flexibility index (Phi) is 4.95. The molecule has 0 radical (unpaired) electrons. The molecule has 2 atom stereocenters. The highest BCUT2D eigenvalue weighted by molar-refractivity contribution is 7.99. The Balaban J connectivity index is 1.36. The number of benzene rings is 1. The summed E-state index contributed by atoms with van der Waals surface area (Å²) in [6, 6.07) is 10.3. The number of thioether (sulfide) groups is 1. The zero-order chi connectivity index (χ0) is 21.8. The maximum atomic E-state index is 13.0. The molecule has 0 saturated heterocycles. The second-order valence-corrected chi connectivity index (χ2v) is 11.4. The van der Waals surface area contributed by atoms with Crippen LogP contribution in [0.4, 0.5) is 0 Å². The minimum atomic E-state index is -0.0520. The smallest absolute Gasteiger partial charge is 0.259 e. The van der Waals surface area contributed by atoms with Crippen molar-refractivity contribution in [1.29, 1.82) is 0 Å². The van der Waals surface area contributed by atoms with Crippen LogP contribution in [-0.4, -0.2) is 24.7 Å². The van der Waals surface area contributed by atoms with Crippen LogP contribution in [-0.2, 0) is 12.8 Å². The van der Waals surface area contributed by atoms with Gasteiger partial charge in [-0.1, -0.05) is 36.9 Å². The number of aromatic nitrogens is 5. The number of nitrogens with one attached hydrogen (secondary N) is 1. The van der Waals surface area contributed by atoms with Gasteiger partial charge in [-0.25, -0.2) is 4.98 Å². The van der Waals surface area contributed by atoms with Gasteiger partial charge < -0.3 is 4.98 Å². The molecule has 6 rings (SSSR count). The average Bonchev–Trinajstić information content (AvgIpc) is 3.44. The molecule has 3 heterocycles. The van der Waals surface area contributed by atoms with E-state index in [2.05, 4.69) is 45.7 Å². The maximum Gasteiger partial charge on any atom is 0.259 e. The molecule has 0 amide bonds. The Bertz CT molecular complexity index is 1350. The van der Waals surface area contributed by atoms with E-state index >= 15 is 0 Å². The van der Waals surface area contributed by atoms with Crippen LogP contribution in [0.3, 0.4) is 0 Å². The van der Waals surface area contributed by atoms with Gasteiger partial charge in [0, 0.05) is 16.5 Å². The molecule has 2 aliphatic rings. The molecule has 2 unspecified atom stereocenters. The zero-order valence-electron chi connectivity index (χ0n) is 18.2. The molecule has 2 aliphatic carbocycles. The summed E-state index contributed by atoms with van der Waals surface area (Å²) in [6.07, 6.45) is 5.51. The van der Waals surface area contributed by atoms with Crippen LogP contribution >= 0.6 is 23.1 Å². The van der Waals surface area contributed by atoms with E-state index in [0.29, 0.717) is 17.7 Å². The topological polar surface area (TPSA) is 76.5 Å². The number of aromatic amines is 1. The van der Waals surface area contributed by atoms with E-state index in [0.717, 1.165) is 46.1 Å². The first kappa shape index (κ1) is 20.2. The van der Waals surface area contributed by atoms with Gasteiger partial charge in [-0.2, -0.15) is 0 Å². The fraction of sp³-hybridized carbons (Fsp3) is 0.417. The molecule has 1 aromatic carbocycles. The van der Waals surface area contributed by atoms with Crippen LogP contribution in [0.2, 0.25) is 0 Å². The van der Waals surface area contributed by atoms with Gasteiger partial charge in [0.25, 0.3) is 5.56 Å². The van der Waals surface area contributed by atoms with E-state index in [-0.39, 0.29) is 10.8 Å². The number of hydrogen-bond donors (Lipinski definition) is 1. The van der Waals surface area contributed by atoms with Crippen molar-refractivity contribution in [3.8, 4) is 5.69 Å². The lowest BCUT2D eigenvalue weighted by Gasteiger charge is -2.17. The Morgan fingerprint density at radius 1 is 1.19 bits per heavy atom. The lowest BCUT2D eigenvalue weighted by atomic mass is 9.89. The summed E-state index contributed by atoms with van der Waals surface area (Å²) < 4.78 is 2.17. The number of H-pyrrole nitrogens is 1. The van der Waals surface area contributed by atoms with E-state index in [1.54, 1.807) is 23.1 Å². The first-order chi connectivity index (χ1) is 15.6. The van der Waals surface area contributed by atoms with E-state index in [4.69, 9.17) is 4.98 Å². The highest BCUT2D eigenvalue weighted by atomic mass is 32.2. The summed E-state index contributed by atoms with van der Waals surface area (Å²) in [5, 5.41) is 10.6. The van der Waals surface area contributed by atoms with Crippen molar-refractivity contribution in [2.24, 2.45) is 5.92 Å². The van der Waals surface area contributed by atoms with Gasteiger partial charge in [-0.15, -0.1) is 21.5 Å². The Morgan fingerprint density at radius 2 is 2.00 bits per heavy atom. The maximum absolute atomic E-state index is 13.0. The third kappa shape index (κ3) is 3.49. The number of rotatable bonds is 5. The largest absolute Gasteiger partial charge is 0.309 e. The van der Waals surface area contributed by atoms with Crippen LogP contribution in [0.25, 0.3) is 15.9 Å². The van der Waals surface area contributed by atoms with Crippen molar-refractivity contribution in [3.05, 3.63) is 62.8 Å². The molecule has 1 N–H and O–H groups in total. The molecule has 164 valence electrons. The molecular weight excluding hydrogens is 438 g/mol. The fourth-order valence-corrected chi connectivity index (χ4v) is 6.88. The third-order valence-electron chi connectivity index (χ3n) is 6.47. The fourth-order valence-electron chi connectivity index (χ4n) is 4.56. The van der Waals surface area contributed by atoms with Gasteiger partial charge in [0.1, 0.15) is 16.5 Å². The highest BCUT2D eigenvalue weighted by Crippen LogP contribution is 2.43. The second-order valence-electron chi connectivity index (χ2n) is 9.03. The number of nitrogens with zero attached hydrogens (tertiary/aromatic N) is 4. The molecule has 6 nitrogen and oxygen atoms in total. The quantitative estimate of drug-likeness (QED) is 0.400. The molecule has 32 heavy (non-hydrogen) atoms. The van der Waals surface area contributed by atoms with Gasteiger partial charge in [0.05, 0.1) is 10.6 Å². The Hall–Kier alpha value is -2.45. The number of thiophene rings is 1. The van der Waals surface area contributed by atoms with E-state index in [9.17, 15) is 4.79 Å². The third-order valence-corrected chi connectivity index (χ3v) is 8.67. The molecule has 1 fully saturated rings. The van der Waals surface area contributed by atoms with Crippen LogP contribution in [0.5, 0.6) is 0 Å². The Morgan fingerprint density at radius 3 is 2.78 bits per heavy atom. The summed E-state index contributed by atoms with van der Waals surface area (Å²) in [7, 11) is 0. The summed E-state index contributed by atoms with van der Waals surface area (Å²) in [6.45, 7) is 4.36. The SMILES string of the molecule is CC1CCc2c(sc3nc(C(C)Sc4nnc(C5CC5)n4-c4ccccc4)[nH]c(=O)c23)C1. The van der Waals surface area contributed by atoms with Crippen LogP contribution in [0, 0.1) is 5.92 Å². The van der Waals surface area contributed by atoms with E-state index in [1.807, 2.05) is 18.2 Å². The summed E-state index contributed by atoms with van der Waals surface area (Å²) in [4.78, 5) is 23.2. The minimum absolute atomic E-state index is 0.00676. The van der Waals surface area contributed by atoms with Crippen molar-refractivity contribution in [1.82, 2.24) is 24.7 Å². The first-order valence-corrected chi connectivity index (χ1v) is 13.0. The van der Waals surface area contributed by atoms with E-state index in [1.165, 1.54) is 23.3 Å². The van der Waals surface area contributed by atoms with Gasteiger partial charge in [-0.3, -0.25) is 9.36 Å². The number of para-hydroxylation sites is 1. The molecule has 3 aromatic heterocycles. The van der Waals surface area contributed by atoms with Crippen LogP contribution < -0.4 is 5.56 Å².